The number of nitrogens with one attached hydrogen (secondary N) is 1. The number of carbonyl (C=O) groups is 1. The van der Waals surface area contributed by atoms with E-state index in [1.54, 1.807) is 0 Å². The molecule has 1 fully saturated rings. The highest BCUT2D eigenvalue weighted by Crippen LogP contribution is 2.13. The Hall–Kier alpha value is -2.42. The second-order valence-corrected chi connectivity index (χ2v) is 5.22. The zero-order valence-corrected chi connectivity index (χ0v) is 11.8. The highest BCUT2D eigenvalue weighted by Gasteiger charge is 2.20. The van der Waals surface area contributed by atoms with Gasteiger partial charge in [-0.1, -0.05) is 60.7 Å². The molecule has 1 aliphatic rings. The number of aliphatic imine (C=N–C) groups is 1. The predicted octanol–water partition coefficient (Wildman–Crippen LogP) is 2.80. The predicted molar refractivity (Wildman–Crippen MR) is 84.6 cm³/mol. The van der Waals surface area contributed by atoms with Crippen LogP contribution in [0.15, 0.2) is 65.7 Å². The minimum absolute atomic E-state index is 0.135. The Morgan fingerprint density at radius 1 is 1.00 bits per heavy atom. The average Bonchev–Trinajstić information content (AvgIpc) is 2.95. The molecule has 0 saturated carbocycles. The number of hydrogen-bond donors (Lipinski definition) is 1. The number of nitrogens with zero attached hydrogens (tertiary/aromatic N) is 1. The van der Waals surface area contributed by atoms with Crippen molar-refractivity contribution in [2.24, 2.45) is 4.99 Å². The molecule has 21 heavy (non-hydrogen) atoms. The van der Waals surface area contributed by atoms with Gasteiger partial charge in [-0.2, -0.15) is 0 Å². The van der Waals surface area contributed by atoms with Crippen LogP contribution in [0.1, 0.15) is 24.0 Å². The fourth-order valence-corrected chi connectivity index (χ4v) is 2.56. The molecule has 0 bridgehead atoms. The van der Waals surface area contributed by atoms with E-state index < -0.39 is 0 Å². The summed E-state index contributed by atoms with van der Waals surface area (Å²) in [5.41, 5.74) is 3.19. The Bertz CT molecular complexity index is 593. The first kappa shape index (κ1) is 13.6. The third-order valence-corrected chi connectivity index (χ3v) is 3.65. The maximum absolute atomic E-state index is 11.3. The molecule has 1 saturated heterocycles. The van der Waals surface area contributed by atoms with Crippen LogP contribution in [0.4, 0.5) is 0 Å². The van der Waals surface area contributed by atoms with Gasteiger partial charge in [0.15, 0.2) is 0 Å². The fraction of sp³-hybridized carbons (Fsp3) is 0.222. The highest BCUT2D eigenvalue weighted by atomic mass is 16.1. The van der Waals surface area contributed by atoms with Crippen LogP contribution in [0.25, 0.3) is 0 Å². The third kappa shape index (κ3) is 3.37. The summed E-state index contributed by atoms with van der Waals surface area (Å²) in [6, 6.07) is 20.5. The number of benzene rings is 2. The maximum Gasteiger partial charge on any atom is 0.220 e. The lowest BCUT2D eigenvalue weighted by atomic mass is 10.0. The van der Waals surface area contributed by atoms with Crippen molar-refractivity contribution in [2.45, 2.75) is 18.9 Å². The number of rotatable bonds is 4. The molecular weight excluding hydrogens is 260 g/mol. The zero-order valence-electron chi connectivity index (χ0n) is 11.8. The Morgan fingerprint density at radius 2 is 1.57 bits per heavy atom. The molecule has 0 aliphatic carbocycles. The number of carbonyl (C=O) groups excluding carboxylic acids is 1. The summed E-state index contributed by atoms with van der Waals surface area (Å²) in [7, 11) is 0. The molecule has 1 N–H and O–H groups in total. The van der Waals surface area contributed by atoms with Gasteiger partial charge in [0.2, 0.25) is 5.91 Å². The van der Waals surface area contributed by atoms with Gasteiger partial charge >= 0.3 is 0 Å². The molecular formula is C18H18N2O. The topological polar surface area (TPSA) is 41.5 Å². The van der Waals surface area contributed by atoms with Crippen molar-refractivity contribution in [2.75, 3.05) is 6.54 Å². The van der Waals surface area contributed by atoms with Crippen molar-refractivity contribution in [3.05, 3.63) is 71.8 Å². The van der Waals surface area contributed by atoms with Gasteiger partial charge in [0.1, 0.15) is 0 Å². The lowest BCUT2D eigenvalue weighted by Crippen LogP contribution is -2.28. The first-order valence-electron chi connectivity index (χ1n) is 7.27. The van der Waals surface area contributed by atoms with E-state index in [1.807, 2.05) is 36.4 Å². The van der Waals surface area contributed by atoms with Crippen molar-refractivity contribution in [1.29, 1.82) is 0 Å². The Kier molecular flexibility index (Phi) is 4.10. The second kappa shape index (κ2) is 6.35. The Morgan fingerprint density at radius 3 is 2.05 bits per heavy atom. The third-order valence-electron chi connectivity index (χ3n) is 3.65. The van der Waals surface area contributed by atoms with Crippen molar-refractivity contribution in [3.63, 3.8) is 0 Å². The molecule has 106 valence electrons. The standard InChI is InChI=1S/C18H18N2O/c21-17-12-11-16(20-17)13-19-18(14-7-3-1-4-8-14)15-9-5-2-6-10-15/h1-10,16H,11-13H2,(H,20,21). The maximum atomic E-state index is 11.3. The molecule has 0 radical (unpaired) electrons. The SMILES string of the molecule is O=C1CCC(CN=C(c2ccccc2)c2ccccc2)N1. The van der Waals surface area contributed by atoms with Crippen LogP contribution in [-0.4, -0.2) is 24.2 Å². The normalized spacial score (nSPS) is 17.3. The van der Waals surface area contributed by atoms with Crippen LogP contribution >= 0.6 is 0 Å². The van der Waals surface area contributed by atoms with E-state index >= 15 is 0 Å². The summed E-state index contributed by atoms with van der Waals surface area (Å²) in [6.07, 6.45) is 1.49. The number of hydrogen-bond acceptors (Lipinski definition) is 2. The molecule has 1 atom stereocenters. The largest absolute Gasteiger partial charge is 0.351 e. The fourth-order valence-electron chi connectivity index (χ4n) is 2.56. The van der Waals surface area contributed by atoms with Crippen molar-refractivity contribution >= 4 is 11.6 Å². The quantitative estimate of drug-likeness (QED) is 0.858. The van der Waals surface area contributed by atoms with Crippen LogP contribution in [0.3, 0.4) is 0 Å². The molecule has 2 aromatic carbocycles. The molecule has 1 amide bonds. The smallest absolute Gasteiger partial charge is 0.220 e. The molecule has 0 spiro atoms. The molecule has 1 unspecified atom stereocenters. The molecule has 1 aliphatic heterocycles. The summed E-state index contributed by atoms with van der Waals surface area (Å²) in [5.74, 6) is 0.135. The summed E-state index contributed by atoms with van der Waals surface area (Å²) in [6.45, 7) is 0.630. The molecule has 3 rings (SSSR count). The van der Waals surface area contributed by atoms with Gasteiger partial charge in [-0.25, -0.2) is 0 Å². The van der Waals surface area contributed by atoms with Crippen LogP contribution in [-0.2, 0) is 4.79 Å². The van der Waals surface area contributed by atoms with E-state index in [-0.39, 0.29) is 11.9 Å². The summed E-state index contributed by atoms with van der Waals surface area (Å²) < 4.78 is 0. The summed E-state index contributed by atoms with van der Waals surface area (Å²) >= 11 is 0. The van der Waals surface area contributed by atoms with Crippen molar-refractivity contribution in [1.82, 2.24) is 5.32 Å². The van der Waals surface area contributed by atoms with Gasteiger partial charge < -0.3 is 5.32 Å². The van der Waals surface area contributed by atoms with E-state index in [0.717, 1.165) is 23.3 Å². The minimum atomic E-state index is 0.135. The second-order valence-electron chi connectivity index (χ2n) is 5.22. The minimum Gasteiger partial charge on any atom is -0.351 e. The van der Waals surface area contributed by atoms with E-state index in [2.05, 4.69) is 29.6 Å². The lowest BCUT2D eigenvalue weighted by Gasteiger charge is -2.10. The van der Waals surface area contributed by atoms with Crippen molar-refractivity contribution < 1.29 is 4.79 Å². The highest BCUT2D eigenvalue weighted by molar-refractivity contribution is 6.12. The zero-order chi connectivity index (χ0) is 14.5. The van der Waals surface area contributed by atoms with Crippen LogP contribution in [0, 0.1) is 0 Å². The number of amides is 1. The van der Waals surface area contributed by atoms with E-state index in [4.69, 9.17) is 4.99 Å². The summed E-state index contributed by atoms with van der Waals surface area (Å²) in [4.78, 5) is 16.1. The van der Waals surface area contributed by atoms with Gasteiger partial charge in [0.05, 0.1) is 12.3 Å². The first-order chi connectivity index (χ1) is 10.3. The first-order valence-corrected chi connectivity index (χ1v) is 7.27. The molecule has 3 nitrogen and oxygen atoms in total. The van der Waals surface area contributed by atoms with Crippen molar-refractivity contribution in [3.8, 4) is 0 Å². The van der Waals surface area contributed by atoms with E-state index in [0.29, 0.717) is 13.0 Å². The van der Waals surface area contributed by atoms with Crippen LogP contribution in [0.5, 0.6) is 0 Å². The lowest BCUT2D eigenvalue weighted by molar-refractivity contribution is -0.119. The Balaban J connectivity index is 1.87. The van der Waals surface area contributed by atoms with E-state index in [1.165, 1.54) is 0 Å². The van der Waals surface area contributed by atoms with Gasteiger partial charge in [-0.05, 0) is 6.42 Å². The van der Waals surface area contributed by atoms with E-state index in [9.17, 15) is 4.79 Å². The van der Waals surface area contributed by atoms with Gasteiger partial charge in [-0.3, -0.25) is 9.79 Å². The molecule has 0 aromatic heterocycles. The molecule has 3 heteroatoms. The average molecular weight is 278 g/mol. The molecule has 1 heterocycles. The van der Waals surface area contributed by atoms with Crippen LogP contribution < -0.4 is 5.32 Å². The van der Waals surface area contributed by atoms with Crippen LogP contribution in [0.2, 0.25) is 0 Å². The van der Waals surface area contributed by atoms with Gasteiger partial charge in [-0.15, -0.1) is 0 Å². The molecule has 2 aromatic rings. The van der Waals surface area contributed by atoms with Gasteiger partial charge in [0, 0.05) is 23.6 Å². The summed E-state index contributed by atoms with van der Waals surface area (Å²) in [5, 5.41) is 2.97. The Labute approximate surface area is 124 Å². The van der Waals surface area contributed by atoms with Gasteiger partial charge in [0.25, 0.3) is 0 Å². The monoisotopic (exact) mass is 278 g/mol.